The largest absolute Gasteiger partial charge is 0.238 e. The summed E-state index contributed by atoms with van der Waals surface area (Å²) >= 11 is 0. The van der Waals surface area contributed by atoms with Crippen molar-refractivity contribution in [3.05, 3.63) is 0 Å². The van der Waals surface area contributed by atoms with Crippen molar-refractivity contribution in [1.82, 2.24) is 5.32 Å². The number of hydrogen-bond donors (Lipinski definition) is 0. The third-order valence-electron chi connectivity index (χ3n) is 3.47. The van der Waals surface area contributed by atoms with Gasteiger partial charge in [0.15, 0.2) is 0 Å². The molecule has 1 nitrogen and oxygen atoms in total. The molecule has 0 N–H and O–H groups in total. The van der Waals surface area contributed by atoms with Gasteiger partial charge in [0.1, 0.15) is 0 Å². The van der Waals surface area contributed by atoms with Gasteiger partial charge >= 0.3 is 0 Å². The number of piperidine rings is 1. The SMILES string of the molecule is C1CCC(C2CCCC[N]2)CC1. The van der Waals surface area contributed by atoms with Crippen LogP contribution < -0.4 is 5.32 Å². The zero-order valence-corrected chi connectivity index (χ0v) is 7.97. The van der Waals surface area contributed by atoms with Crippen molar-refractivity contribution in [2.45, 2.75) is 57.4 Å². The van der Waals surface area contributed by atoms with E-state index in [9.17, 15) is 0 Å². The van der Waals surface area contributed by atoms with Crippen LogP contribution in [0.25, 0.3) is 0 Å². The molecular formula is C11H20N. The Bertz CT molecular complexity index is 105. The van der Waals surface area contributed by atoms with Crippen molar-refractivity contribution >= 4 is 0 Å². The Morgan fingerprint density at radius 1 is 0.750 bits per heavy atom. The van der Waals surface area contributed by atoms with Gasteiger partial charge in [-0.3, -0.25) is 0 Å². The Hall–Kier alpha value is -0.0400. The zero-order valence-electron chi connectivity index (χ0n) is 7.97. The first-order valence-electron chi connectivity index (χ1n) is 5.63. The molecule has 12 heavy (non-hydrogen) atoms. The highest BCUT2D eigenvalue weighted by molar-refractivity contribution is 4.81. The molecule has 1 aliphatic carbocycles. The lowest BCUT2D eigenvalue weighted by molar-refractivity contribution is 0.230. The second-order valence-corrected chi connectivity index (χ2v) is 4.37. The van der Waals surface area contributed by atoms with E-state index in [1.165, 1.54) is 51.4 Å². The van der Waals surface area contributed by atoms with E-state index in [2.05, 4.69) is 0 Å². The molecule has 1 saturated carbocycles. The van der Waals surface area contributed by atoms with Crippen LogP contribution in [0.5, 0.6) is 0 Å². The molecule has 1 unspecified atom stereocenters. The maximum Gasteiger partial charge on any atom is 0.0274 e. The summed E-state index contributed by atoms with van der Waals surface area (Å²) in [7, 11) is 0. The number of rotatable bonds is 1. The van der Waals surface area contributed by atoms with E-state index in [0.29, 0.717) is 0 Å². The lowest BCUT2D eigenvalue weighted by Crippen LogP contribution is -2.35. The monoisotopic (exact) mass is 166 g/mol. The predicted octanol–water partition coefficient (Wildman–Crippen LogP) is 2.72. The van der Waals surface area contributed by atoms with Gasteiger partial charge in [-0.1, -0.05) is 25.7 Å². The lowest BCUT2D eigenvalue weighted by atomic mass is 9.81. The molecule has 1 radical (unpaired) electrons. The van der Waals surface area contributed by atoms with Gasteiger partial charge in [-0.15, -0.1) is 0 Å². The highest BCUT2D eigenvalue weighted by atomic mass is 14.9. The van der Waals surface area contributed by atoms with Crippen LogP contribution in [-0.2, 0) is 0 Å². The summed E-state index contributed by atoms with van der Waals surface area (Å²) in [6.07, 6.45) is 11.5. The molecule has 69 valence electrons. The van der Waals surface area contributed by atoms with Gasteiger partial charge < -0.3 is 0 Å². The Morgan fingerprint density at radius 2 is 1.50 bits per heavy atom. The summed E-state index contributed by atoms with van der Waals surface area (Å²) < 4.78 is 0. The first-order valence-corrected chi connectivity index (χ1v) is 5.63. The van der Waals surface area contributed by atoms with Crippen molar-refractivity contribution in [1.29, 1.82) is 0 Å². The van der Waals surface area contributed by atoms with Crippen LogP contribution in [0, 0.1) is 5.92 Å². The molecule has 0 spiro atoms. The van der Waals surface area contributed by atoms with Gasteiger partial charge in [0, 0.05) is 12.6 Å². The van der Waals surface area contributed by atoms with Crippen molar-refractivity contribution in [3.63, 3.8) is 0 Å². The normalized spacial score (nSPS) is 33.5. The maximum absolute atomic E-state index is 4.75. The molecule has 0 aromatic heterocycles. The average Bonchev–Trinajstić information content (AvgIpc) is 2.21. The maximum atomic E-state index is 4.75. The molecule has 0 aromatic carbocycles. The van der Waals surface area contributed by atoms with Gasteiger partial charge in [0.25, 0.3) is 0 Å². The molecule has 1 aliphatic heterocycles. The van der Waals surface area contributed by atoms with Gasteiger partial charge in [0.2, 0.25) is 0 Å². The summed E-state index contributed by atoms with van der Waals surface area (Å²) in [5, 5.41) is 4.75. The highest BCUT2D eigenvalue weighted by Gasteiger charge is 2.25. The Labute approximate surface area is 75.9 Å². The molecule has 1 heteroatoms. The first kappa shape index (κ1) is 8.55. The molecule has 0 aromatic rings. The van der Waals surface area contributed by atoms with E-state index in [-0.39, 0.29) is 0 Å². The minimum Gasteiger partial charge on any atom is -0.238 e. The molecule has 0 amide bonds. The van der Waals surface area contributed by atoms with Gasteiger partial charge in [-0.05, 0) is 31.6 Å². The third-order valence-corrected chi connectivity index (χ3v) is 3.47. The molecule has 1 heterocycles. The molecule has 1 saturated heterocycles. The quantitative estimate of drug-likeness (QED) is 0.568. The Morgan fingerprint density at radius 3 is 2.17 bits per heavy atom. The molecule has 0 bridgehead atoms. The van der Waals surface area contributed by atoms with Crippen LogP contribution in [-0.4, -0.2) is 12.6 Å². The van der Waals surface area contributed by atoms with Crippen molar-refractivity contribution in [3.8, 4) is 0 Å². The van der Waals surface area contributed by atoms with Gasteiger partial charge in [0.05, 0.1) is 0 Å². The smallest absolute Gasteiger partial charge is 0.0274 e. The molecule has 1 atom stereocenters. The van der Waals surface area contributed by atoms with Gasteiger partial charge in [-0.2, -0.15) is 0 Å². The molecule has 2 rings (SSSR count). The standard InChI is InChI=1S/C11H20N/c1-2-6-10(7-3-1)11-8-4-5-9-12-11/h10-11H,1-9H2. The summed E-state index contributed by atoms with van der Waals surface area (Å²) in [5.74, 6) is 0.971. The van der Waals surface area contributed by atoms with Crippen molar-refractivity contribution < 1.29 is 0 Å². The predicted molar refractivity (Wildman–Crippen MR) is 51.2 cm³/mol. The minimum atomic E-state index is 0.763. The van der Waals surface area contributed by atoms with E-state index in [1.807, 2.05) is 0 Å². The van der Waals surface area contributed by atoms with Crippen LogP contribution >= 0.6 is 0 Å². The molecule has 2 fully saturated rings. The molecule has 2 aliphatic rings. The summed E-state index contributed by atoms with van der Waals surface area (Å²) in [5.41, 5.74) is 0. The fourth-order valence-electron chi connectivity index (χ4n) is 2.72. The van der Waals surface area contributed by atoms with E-state index in [4.69, 9.17) is 5.32 Å². The van der Waals surface area contributed by atoms with E-state index < -0.39 is 0 Å². The topological polar surface area (TPSA) is 14.1 Å². The van der Waals surface area contributed by atoms with E-state index in [1.54, 1.807) is 0 Å². The minimum absolute atomic E-state index is 0.763. The first-order chi connectivity index (χ1) is 5.97. The van der Waals surface area contributed by atoms with Crippen molar-refractivity contribution in [2.24, 2.45) is 5.92 Å². The van der Waals surface area contributed by atoms with Crippen LogP contribution in [0.2, 0.25) is 0 Å². The number of hydrogen-bond acceptors (Lipinski definition) is 0. The molecular weight excluding hydrogens is 146 g/mol. The highest BCUT2D eigenvalue weighted by Crippen LogP contribution is 2.30. The van der Waals surface area contributed by atoms with E-state index >= 15 is 0 Å². The fourth-order valence-corrected chi connectivity index (χ4v) is 2.72. The fraction of sp³-hybridized carbons (Fsp3) is 1.00. The van der Waals surface area contributed by atoms with Crippen LogP contribution in [0.3, 0.4) is 0 Å². The third kappa shape index (κ3) is 2.01. The van der Waals surface area contributed by atoms with Crippen LogP contribution in [0.4, 0.5) is 0 Å². The van der Waals surface area contributed by atoms with Crippen molar-refractivity contribution in [2.75, 3.05) is 6.54 Å². The Balaban J connectivity index is 1.80. The number of nitrogens with zero attached hydrogens (tertiary/aromatic N) is 1. The summed E-state index contributed by atoms with van der Waals surface area (Å²) in [4.78, 5) is 0. The Kier molecular flexibility index (Phi) is 3.04. The average molecular weight is 166 g/mol. The zero-order chi connectivity index (χ0) is 8.23. The second-order valence-electron chi connectivity index (χ2n) is 4.37. The van der Waals surface area contributed by atoms with E-state index in [0.717, 1.165) is 18.5 Å². The van der Waals surface area contributed by atoms with Gasteiger partial charge in [-0.25, -0.2) is 5.32 Å². The van der Waals surface area contributed by atoms with Crippen LogP contribution in [0.1, 0.15) is 51.4 Å². The lowest BCUT2D eigenvalue weighted by Gasteiger charge is -2.32. The second kappa shape index (κ2) is 4.27. The summed E-state index contributed by atoms with van der Waals surface area (Å²) in [6, 6.07) is 0.763. The summed E-state index contributed by atoms with van der Waals surface area (Å²) in [6.45, 7) is 1.15. The van der Waals surface area contributed by atoms with Crippen LogP contribution in [0.15, 0.2) is 0 Å².